The number of benzene rings is 1. The summed E-state index contributed by atoms with van der Waals surface area (Å²) < 4.78 is 27.4. The SMILES string of the molecule is Cc1ccc(S(=O)(=O)NC2CC2)cc1C(=O)NC1(CN)CCCC1.Cl. The van der Waals surface area contributed by atoms with E-state index < -0.39 is 10.0 Å². The van der Waals surface area contributed by atoms with Gasteiger partial charge in [-0.25, -0.2) is 13.1 Å². The summed E-state index contributed by atoms with van der Waals surface area (Å²) in [4.78, 5) is 12.9. The molecule has 2 aliphatic carbocycles. The van der Waals surface area contributed by atoms with E-state index in [2.05, 4.69) is 10.0 Å². The molecule has 3 rings (SSSR count). The summed E-state index contributed by atoms with van der Waals surface area (Å²) in [6, 6.07) is 4.73. The Morgan fingerprint density at radius 3 is 2.48 bits per heavy atom. The number of nitrogens with two attached hydrogens (primary N) is 1. The van der Waals surface area contributed by atoms with Gasteiger partial charge in [-0.1, -0.05) is 18.9 Å². The maximum absolute atomic E-state index is 12.7. The third-order valence-corrected chi connectivity index (χ3v) is 6.51. The first-order valence-corrected chi connectivity index (χ1v) is 9.99. The van der Waals surface area contributed by atoms with E-state index in [1.807, 2.05) is 6.92 Å². The van der Waals surface area contributed by atoms with Crippen LogP contribution in [0.15, 0.2) is 23.1 Å². The molecule has 140 valence electrons. The Bertz CT molecular complexity index is 742. The molecule has 25 heavy (non-hydrogen) atoms. The highest BCUT2D eigenvalue weighted by molar-refractivity contribution is 7.89. The van der Waals surface area contributed by atoms with Gasteiger partial charge in [0.1, 0.15) is 0 Å². The number of aryl methyl sites for hydroxylation is 1. The fraction of sp³-hybridized carbons (Fsp3) is 0.588. The van der Waals surface area contributed by atoms with Crippen molar-refractivity contribution in [3.63, 3.8) is 0 Å². The molecule has 4 N–H and O–H groups in total. The van der Waals surface area contributed by atoms with Crippen LogP contribution in [0.1, 0.15) is 54.4 Å². The Hall–Kier alpha value is -1.15. The van der Waals surface area contributed by atoms with Gasteiger partial charge < -0.3 is 11.1 Å². The van der Waals surface area contributed by atoms with Crippen LogP contribution in [0.5, 0.6) is 0 Å². The van der Waals surface area contributed by atoms with Crippen molar-refractivity contribution in [1.82, 2.24) is 10.0 Å². The van der Waals surface area contributed by atoms with Crippen LogP contribution in [-0.4, -0.2) is 32.5 Å². The molecule has 0 aliphatic heterocycles. The van der Waals surface area contributed by atoms with Gasteiger partial charge in [0.05, 0.1) is 10.4 Å². The summed E-state index contributed by atoms with van der Waals surface area (Å²) in [6.07, 6.45) is 5.59. The van der Waals surface area contributed by atoms with Crippen LogP contribution in [0.4, 0.5) is 0 Å². The second-order valence-electron chi connectivity index (χ2n) is 7.02. The van der Waals surface area contributed by atoms with Gasteiger partial charge in [-0.05, 0) is 50.3 Å². The maximum atomic E-state index is 12.7. The summed E-state index contributed by atoms with van der Waals surface area (Å²) in [7, 11) is -3.57. The molecule has 2 aliphatic rings. The van der Waals surface area contributed by atoms with Crippen LogP contribution < -0.4 is 15.8 Å². The van der Waals surface area contributed by atoms with Crippen LogP contribution in [0.2, 0.25) is 0 Å². The summed E-state index contributed by atoms with van der Waals surface area (Å²) in [5.74, 6) is -0.247. The molecule has 0 bridgehead atoms. The van der Waals surface area contributed by atoms with Gasteiger partial charge in [0, 0.05) is 18.2 Å². The third-order valence-electron chi connectivity index (χ3n) is 4.99. The van der Waals surface area contributed by atoms with Crippen LogP contribution in [-0.2, 0) is 10.0 Å². The molecule has 0 unspecified atom stereocenters. The van der Waals surface area contributed by atoms with Crippen molar-refractivity contribution < 1.29 is 13.2 Å². The van der Waals surface area contributed by atoms with Crippen molar-refractivity contribution in [3.8, 4) is 0 Å². The molecule has 1 aromatic carbocycles. The number of amides is 1. The van der Waals surface area contributed by atoms with Gasteiger partial charge in [0.25, 0.3) is 5.91 Å². The van der Waals surface area contributed by atoms with E-state index in [9.17, 15) is 13.2 Å². The quantitative estimate of drug-likeness (QED) is 0.693. The molecule has 0 aromatic heterocycles. The predicted molar refractivity (Wildman–Crippen MR) is 99.5 cm³/mol. The molecule has 0 heterocycles. The number of carbonyl (C=O) groups excluding carboxylic acids is 1. The number of rotatable bonds is 6. The molecule has 0 atom stereocenters. The first-order valence-electron chi connectivity index (χ1n) is 8.51. The minimum absolute atomic E-state index is 0. The van der Waals surface area contributed by atoms with E-state index in [1.54, 1.807) is 12.1 Å². The predicted octanol–water partition coefficient (Wildman–Crippen LogP) is 1.86. The lowest BCUT2D eigenvalue weighted by Crippen LogP contribution is -2.51. The molecule has 0 radical (unpaired) electrons. The van der Waals surface area contributed by atoms with Crippen molar-refractivity contribution in [1.29, 1.82) is 0 Å². The zero-order chi connectivity index (χ0) is 17.4. The van der Waals surface area contributed by atoms with Crippen molar-refractivity contribution in [2.24, 2.45) is 5.73 Å². The number of carbonyl (C=O) groups is 1. The lowest BCUT2D eigenvalue weighted by Gasteiger charge is -2.29. The molecule has 1 amide bonds. The van der Waals surface area contributed by atoms with Gasteiger partial charge in [0.15, 0.2) is 0 Å². The Labute approximate surface area is 155 Å². The van der Waals surface area contributed by atoms with Crippen LogP contribution in [0, 0.1) is 6.92 Å². The Morgan fingerprint density at radius 2 is 1.92 bits per heavy atom. The summed E-state index contributed by atoms with van der Waals surface area (Å²) in [6.45, 7) is 2.21. The molecule has 2 fully saturated rings. The average Bonchev–Trinajstić information content (AvgIpc) is 3.22. The van der Waals surface area contributed by atoms with E-state index in [0.29, 0.717) is 12.1 Å². The van der Waals surface area contributed by atoms with Crippen molar-refractivity contribution >= 4 is 28.3 Å². The molecule has 6 nitrogen and oxygen atoms in total. The minimum Gasteiger partial charge on any atom is -0.345 e. The monoisotopic (exact) mass is 387 g/mol. The molecule has 1 aromatic rings. The fourth-order valence-electron chi connectivity index (χ4n) is 3.24. The molecular weight excluding hydrogens is 362 g/mol. The van der Waals surface area contributed by atoms with Crippen LogP contribution in [0.3, 0.4) is 0 Å². The topological polar surface area (TPSA) is 101 Å². The zero-order valence-electron chi connectivity index (χ0n) is 14.4. The first-order chi connectivity index (χ1) is 11.4. The number of sulfonamides is 1. The smallest absolute Gasteiger partial charge is 0.252 e. The number of hydrogen-bond donors (Lipinski definition) is 3. The van der Waals surface area contributed by atoms with E-state index >= 15 is 0 Å². The highest BCUT2D eigenvalue weighted by Gasteiger charge is 2.35. The highest BCUT2D eigenvalue weighted by Crippen LogP contribution is 2.29. The molecule has 2 saturated carbocycles. The Balaban J connectivity index is 0.00000225. The van der Waals surface area contributed by atoms with Crippen molar-refractivity contribution in [2.75, 3.05) is 6.54 Å². The van der Waals surface area contributed by atoms with Gasteiger partial charge >= 0.3 is 0 Å². The van der Waals surface area contributed by atoms with Gasteiger partial charge in [-0.2, -0.15) is 0 Å². The minimum atomic E-state index is -3.57. The van der Waals surface area contributed by atoms with E-state index in [-0.39, 0.29) is 34.8 Å². The van der Waals surface area contributed by atoms with E-state index in [0.717, 1.165) is 44.1 Å². The second-order valence-corrected chi connectivity index (χ2v) is 8.73. The Morgan fingerprint density at radius 1 is 1.28 bits per heavy atom. The highest BCUT2D eigenvalue weighted by atomic mass is 35.5. The van der Waals surface area contributed by atoms with Crippen molar-refractivity contribution in [3.05, 3.63) is 29.3 Å². The molecular formula is C17H26ClN3O3S. The largest absolute Gasteiger partial charge is 0.345 e. The third kappa shape index (κ3) is 4.53. The fourth-order valence-corrected chi connectivity index (χ4v) is 4.57. The van der Waals surface area contributed by atoms with E-state index in [1.165, 1.54) is 6.07 Å². The second kappa shape index (κ2) is 7.61. The lowest BCUT2D eigenvalue weighted by atomic mass is 9.96. The molecule has 0 spiro atoms. The summed E-state index contributed by atoms with van der Waals surface area (Å²) >= 11 is 0. The normalized spacial score (nSPS) is 19.3. The first kappa shape index (κ1) is 20.2. The van der Waals surface area contributed by atoms with Crippen LogP contribution in [0.25, 0.3) is 0 Å². The summed E-state index contributed by atoms with van der Waals surface area (Å²) in [5.41, 5.74) is 6.67. The molecule has 0 saturated heterocycles. The molecule has 8 heteroatoms. The number of halogens is 1. The Kier molecular flexibility index (Phi) is 6.14. The number of hydrogen-bond acceptors (Lipinski definition) is 4. The standard InChI is InChI=1S/C17H25N3O3S.ClH/c1-12-4-7-14(24(22,23)20-13-5-6-13)10-15(12)16(21)19-17(11-18)8-2-3-9-17;/h4,7,10,13,20H,2-3,5-6,8-9,11,18H2,1H3,(H,19,21);1H. The zero-order valence-corrected chi connectivity index (χ0v) is 16.0. The van der Waals surface area contributed by atoms with Gasteiger partial charge in [0.2, 0.25) is 10.0 Å². The van der Waals surface area contributed by atoms with Gasteiger partial charge in [-0.3, -0.25) is 4.79 Å². The van der Waals surface area contributed by atoms with E-state index in [4.69, 9.17) is 5.73 Å². The number of nitrogens with one attached hydrogen (secondary N) is 2. The van der Waals surface area contributed by atoms with Crippen molar-refractivity contribution in [2.45, 2.75) is 61.9 Å². The van der Waals surface area contributed by atoms with Gasteiger partial charge in [-0.15, -0.1) is 12.4 Å². The maximum Gasteiger partial charge on any atom is 0.252 e. The van der Waals surface area contributed by atoms with Crippen LogP contribution >= 0.6 is 12.4 Å². The average molecular weight is 388 g/mol. The lowest BCUT2D eigenvalue weighted by molar-refractivity contribution is 0.0902. The summed E-state index contributed by atoms with van der Waals surface area (Å²) in [5, 5.41) is 3.05.